The summed E-state index contributed by atoms with van der Waals surface area (Å²) in [4.78, 5) is 20.6. The Bertz CT molecular complexity index is 1990. The summed E-state index contributed by atoms with van der Waals surface area (Å²) in [6, 6.07) is 13.2. The molecular formula is C34H33F2N5O3. The second kappa shape index (κ2) is 9.79. The summed E-state index contributed by atoms with van der Waals surface area (Å²) < 4.78 is 39.0. The number of aromatic hydroxyl groups is 1. The number of piperidine rings is 1. The van der Waals surface area contributed by atoms with E-state index in [1.807, 2.05) is 34.7 Å². The number of fused-ring (bicyclic) bond motifs is 4. The molecule has 1 saturated heterocycles. The Labute approximate surface area is 252 Å². The van der Waals surface area contributed by atoms with Gasteiger partial charge in [-0.3, -0.25) is 4.79 Å². The van der Waals surface area contributed by atoms with Crippen LogP contribution in [0.5, 0.6) is 11.5 Å². The molecule has 3 heterocycles. The Morgan fingerprint density at radius 1 is 1.07 bits per heavy atom. The van der Waals surface area contributed by atoms with E-state index in [4.69, 9.17) is 15.5 Å². The standard InChI is InChI=1S/C34H33F2N5O3/c1-39-32-25(9-21(12-30(32)44-2)34(43)41-16-20-7-8-26(41)31(20)37)38-33(39)28-11-19-6-5-18(10-27(19)40(28)15-17-3-4-17)22-13-24(36)29(42)14-23(22)35/h5-6,9-14,17,20,26,31,42H,3-4,7-8,15-16,37H2,1-2H3/t20?,26?,31-/m1/s1. The molecular weight excluding hydrogens is 564 g/mol. The molecule has 0 radical (unpaired) electrons. The number of carbonyl (C=O) groups excluding carboxylic acids is 1. The van der Waals surface area contributed by atoms with Crippen molar-refractivity contribution in [1.29, 1.82) is 0 Å². The van der Waals surface area contributed by atoms with Crippen molar-refractivity contribution >= 4 is 27.8 Å². The fourth-order valence-corrected chi connectivity index (χ4v) is 7.39. The van der Waals surface area contributed by atoms with Crippen LogP contribution >= 0.6 is 0 Å². The molecule has 1 amide bonds. The van der Waals surface area contributed by atoms with Gasteiger partial charge in [0.05, 0.1) is 18.3 Å². The Balaban J connectivity index is 1.25. The normalized spacial score (nSPS) is 21.2. The quantitative estimate of drug-likeness (QED) is 0.257. The van der Waals surface area contributed by atoms with Gasteiger partial charge in [-0.1, -0.05) is 12.1 Å². The van der Waals surface area contributed by atoms with Crippen molar-refractivity contribution in [3.8, 4) is 34.1 Å². The first-order valence-corrected chi connectivity index (χ1v) is 15.1. The third-order valence-corrected chi connectivity index (χ3v) is 9.93. The number of nitrogens with zero attached hydrogens (tertiary/aromatic N) is 4. The van der Waals surface area contributed by atoms with Crippen LogP contribution in [0.1, 0.15) is 36.0 Å². The Morgan fingerprint density at radius 3 is 2.59 bits per heavy atom. The van der Waals surface area contributed by atoms with Gasteiger partial charge in [-0.25, -0.2) is 13.8 Å². The molecule has 3 fully saturated rings. The number of ether oxygens (including phenoxy) is 1. The first-order chi connectivity index (χ1) is 21.2. The topological polar surface area (TPSA) is 98.5 Å². The average molecular weight is 598 g/mol. The molecule has 3 N–H and O–H groups in total. The summed E-state index contributed by atoms with van der Waals surface area (Å²) in [6.45, 7) is 1.44. The number of benzene rings is 3. The monoisotopic (exact) mass is 597 g/mol. The van der Waals surface area contributed by atoms with E-state index in [1.54, 1.807) is 19.2 Å². The highest BCUT2D eigenvalue weighted by molar-refractivity contribution is 6.00. The van der Waals surface area contributed by atoms with Gasteiger partial charge >= 0.3 is 0 Å². The van der Waals surface area contributed by atoms with Crippen LogP contribution < -0.4 is 10.5 Å². The number of phenolic OH excluding ortho intramolecular Hbond substituents is 1. The van der Waals surface area contributed by atoms with Gasteiger partial charge in [0, 0.05) is 60.3 Å². The highest BCUT2D eigenvalue weighted by Crippen LogP contribution is 2.41. The van der Waals surface area contributed by atoms with Crippen LogP contribution in [0.4, 0.5) is 8.78 Å². The third-order valence-electron chi connectivity index (χ3n) is 9.93. The number of likely N-dealkylation sites (tertiary alicyclic amines) is 1. The van der Waals surface area contributed by atoms with Crippen LogP contribution in [0, 0.1) is 23.5 Å². The van der Waals surface area contributed by atoms with E-state index < -0.39 is 17.4 Å². The molecule has 8 nitrogen and oxygen atoms in total. The van der Waals surface area contributed by atoms with Crippen molar-refractivity contribution < 1.29 is 23.4 Å². The molecule has 3 atom stereocenters. The summed E-state index contributed by atoms with van der Waals surface area (Å²) >= 11 is 0. The number of imidazole rings is 1. The van der Waals surface area contributed by atoms with Gasteiger partial charge in [-0.2, -0.15) is 0 Å². The number of carbonyl (C=O) groups is 1. The number of hydrogen-bond acceptors (Lipinski definition) is 5. The van der Waals surface area contributed by atoms with Gasteiger partial charge in [0.1, 0.15) is 17.1 Å². The number of amides is 1. The molecule has 2 saturated carbocycles. The number of phenols is 1. The van der Waals surface area contributed by atoms with E-state index >= 15 is 0 Å². The predicted octanol–water partition coefficient (Wildman–Crippen LogP) is 5.83. The highest BCUT2D eigenvalue weighted by atomic mass is 19.1. The molecule has 2 unspecified atom stereocenters. The van der Waals surface area contributed by atoms with E-state index in [2.05, 4.69) is 10.6 Å². The lowest BCUT2D eigenvalue weighted by Gasteiger charge is -2.27. The van der Waals surface area contributed by atoms with Crippen LogP contribution in [0.25, 0.3) is 44.6 Å². The molecule has 2 aliphatic carbocycles. The number of rotatable bonds is 6. The molecule has 8 rings (SSSR count). The smallest absolute Gasteiger partial charge is 0.254 e. The number of hydrogen-bond donors (Lipinski definition) is 2. The summed E-state index contributed by atoms with van der Waals surface area (Å²) in [5.74, 6) is -0.176. The van der Waals surface area contributed by atoms with Crippen molar-refractivity contribution in [3.63, 3.8) is 0 Å². The lowest BCUT2D eigenvalue weighted by atomic mass is 10.0. The minimum Gasteiger partial charge on any atom is -0.505 e. The molecule has 44 heavy (non-hydrogen) atoms. The average Bonchev–Trinajstić information content (AvgIpc) is 3.42. The van der Waals surface area contributed by atoms with Gasteiger partial charge in [0.15, 0.2) is 17.4 Å². The highest BCUT2D eigenvalue weighted by Gasteiger charge is 2.47. The molecule has 2 aromatic heterocycles. The third kappa shape index (κ3) is 4.11. The number of aryl methyl sites for hydroxylation is 1. The molecule has 226 valence electrons. The Hall–Kier alpha value is -4.44. The number of aromatic nitrogens is 3. The van der Waals surface area contributed by atoms with E-state index in [1.165, 1.54) is 0 Å². The molecule has 1 aliphatic heterocycles. The second-order valence-corrected chi connectivity index (χ2v) is 12.6. The number of halogens is 2. The Morgan fingerprint density at radius 2 is 1.89 bits per heavy atom. The summed E-state index contributed by atoms with van der Waals surface area (Å²) in [5, 5.41) is 10.6. The summed E-state index contributed by atoms with van der Waals surface area (Å²) in [6.07, 6.45) is 4.26. The van der Waals surface area contributed by atoms with Crippen molar-refractivity contribution in [2.24, 2.45) is 24.6 Å². The molecule has 3 aromatic carbocycles. The van der Waals surface area contributed by atoms with Gasteiger partial charge < -0.3 is 29.6 Å². The van der Waals surface area contributed by atoms with Crippen LogP contribution in [0.2, 0.25) is 0 Å². The van der Waals surface area contributed by atoms with Crippen molar-refractivity contribution in [1.82, 2.24) is 19.0 Å². The van der Waals surface area contributed by atoms with E-state index in [0.29, 0.717) is 46.6 Å². The maximum Gasteiger partial charge on any atom is 0.254 e. The van der Waals surface area contributed by atoms with Crippen LogP contribution in [0.3, 0.4) is 0 Å². The minimum atomic E-state index is -0.873. The first kappa shape index (κ1) is 27.1. The summed E-state index contributed by atoms with van der Waals surface area (Å²) in [7, 11) is 3.53. The van der Waals surface area contributed by atoms with Crippen molar-refractivity contribution in [3.05, 3.63) is 65.7 Å². The zero-order valence-corrected chi connectivity index (χ0v) is 24.6. The number of methoxy groups -OCH3 is 1. The van der Waals surface area contributed by atoms with Crippen LogP contribution in [-0.2, 0) is 13.6 Å². The maximum absolute atomic E-state index is 14.8. The first-order valence-electron chi connectivity index (χ1n) is 15.1. The van der Waals surface area contributed by atoms with Gasteiger partial charge in [0.2, 0.25) is 0 Å². The second-order valence-electron chi connectivity index (χ2n) is 12.6. The van der Waals surface area contributed by atoms with Gasteiger partial charge in [0.25, 0.3) is 5.91 Å². The largest absolute Gasteiger partial charge is 0.505 e. The van der Waals surface area contributed by atoms with Crippen molar-refractivity contribution in [2.45, 2.75) is 44.3 Å². The van der Waals surface area contributed by atoms with Gasteiger partial charge in [-0.15, -0.1) is 0 Å². The van der Waals surface area contributed by atoms with Gasteiger partial charge in [-0.05, 0) is 73.4 Å². The molecule has 5 aromatic rings. The van der Waals surface area contributed by atoms with Crippen LogP contribution in [0.15, 0.2) is 48.5 Å². The fraction of sp³-hybridized carbons (Fsp3) is 0.353. The zero-order chi connectivity index (χ0) is 30.4. The summed E-state index contributed by atoms with van der Waals surface area (Å²) in [5.41, 5.74) is 10.7. The van der Waals surface area contributed by atoms with E-state index in [9.17, 15) is 18.7 Å². The molecule has 3 aliphatic rings. The Kier molecular flexibility index (Phi) is 6.03. The fourth-order valence-electron chi connectivity index (χ4n) is 7.39. The number of nitrogens with two attached hydrogens (primary N) is 1. The lowest BCUT2D eigenvalue weighted by Crippen LogP contribution is -2.41. The molecule has 2 bridgehead atoms. The SMILES string of the molecule is COc1cc(C(=O)N2CC3CCC2[C@@H]3N)cc2nc(-c3cc4ccc(-c5cc(F)c(O)cc5F)cc4n3CC3CC3)n(C)c12. The minimum absolute atomic E-state index is 0.0319. The predicted molar refractivity (Wildman–Crippen MR) is 163 cm³/mol. The maximum atomic E-state index is 14.8. The zero-order valence-electron chi connectivity index (χ0n) is 24.6. The molecule has 10 heteroatoms. The van der Waals surface area contributed by atoms with E-state index in [0.717, 1.165) is 66.5 Å². The molecule has 0 spiro atoms. The van der Waals surface area contributed by atoms with E-state index in [-0.39, 0.29) is 23.6 Å². The lowest BCUT2D eigenvalue weighted by molar-refractivity contribution is 0.0700. The van der Waals surface area contributed by atoms with Crippen molar-refractivity contribution in [2.75, 3.05) is 13.7 Å². The van der Waals surface area contributed by atoms with Crippen LogP contribution in [-0.4, -0.2) is 55.8 Å².